The van der Waals surface area contributed by atoms with Crippen LogP contribution < -0.4 is 10.6 Å². The van der Waals surface area contributed by atoms with Gasteiger partial charge in [-0.1, -0.05) is 0 Å². The van der Waals surface area contributed by atoms with Crippen molar-refractivity contribution in [2.75, 3.05) is 18.4 Å². The van der Waals surface area contributed by atoms with E-state index in [-0.39, 0.29) is 16.5 Å². The predicted molar refractivity (Wildman–Crippen MR) is 78.7 cm³/mol. The lowest BCUT2D eigenvalue weighted by molar-refractivity contribution is -0.131. The van der Waals surface area contributed by atoms with E-state index in [0.29, 0.717) is 0 Å². The first-order chi connectivity index (χ1) is 9.99. The van der Waals surface area contributed by atoms with E-state index in [1.165, 1.54) is 6.07 Å². The van der Waals surface area contributed by atoms with E-state index in [0.717, 1.165) is 37.3 Å². The number of hydrogen-bond donors (Lipinski definition) is 3. The summed E-state index contributed by atoms with van der Waals surface area (Å²) in [4.78, 5) is 36.5. The molecule has 1 fully saturated rings. The molecule has 0 aromatic carbocycles. The summed E-state index contributed by atoms with van der Waals surface area (Å²) in [6.07, 6.45) is 1.98. The van der Waals surface area contributed by atoms with Crippen molar-refractivity contribution in [1.29, 1.82) is 0 Å². The molecule has 114 valence electrons. The lowest BCUT2D eigenvalue weighted by Crippen LogP contribution is -2.47. The highest BCUT2D eigenvalue weighted by molar-refractivity contribution is 7.14. The van der Waals surface area contributed by atoms with Crippen LogP contribution in [0.5, 0.6) is 0 Å². The maximum absolute atomic E-state index is 12.1. The van der Waals surface area contributed by atoms with Gasteiger partial charge in [-0.3, -0.25) is 10.1 Å². The molecule has 21 heavy (non-hydrogen) atoms. The van der Waals surface area contributed by atoms with Crippen LogP contribution in [0.25, 0.3) is 0 Å². The topological polar surface area (TPSA) is 98.7 Å². The number of hydrogen-bond acceptors (Lipinski definition) is 4. The van der Waals surface area contributed by atoms with E-state index in [2.05, 4.69) is 10.6 Å². The Morgan fingerprint density at radius 2 is 2.00 bits per heavy atom. The molecule has 2 rings (SSSR count). The first-order valence-corrected chi connectivity index (χ1v) is 7.54. The molecule has 8 heteroatoms. The third-order valence-corrected chi connectivity index (χ3v) is 4.09. The minimum absolute atomic E-state index is 0.0358. The van der Waals surface area contributed by atoms with E-state index in [1.807, 2.05) is 0 Å². The van der Waals surface area contributed by atoms with Crippen molar-refractivity contribution in [3.63, 3.8) is 0 Å². The highest BCUT2D eigenvalue weighted by Gasteiger charge is 2.24. The number of thiophene rings is 1. The first kappa shape index (κ1) is 15.3. The SMILES string of the molecule is CC(NC(=O)Nc1sccc1C(=O)O)C(=O)N1CCCC1. The zero-order valence-corrected chi connectivity index (χ0v) is 12.4. The molecule has 0 saturated carbocycles. The fourth-order valence-corrected chi connectivity index (χ4v) is 2.96. The second-order valence-corrected chi connectivity index (χ2v) is 5.74. The molecule has 1 unspecified atom stereocenters. The molecule has 3 amide bonds. The van der Waals surface area contributed by atoms with Gasteiger partial charge in [0.2, 0.25) is 5.91 Å². The first-order valence-electron chi connectivity index (χ1n) is 6.66. The van der Waals surface area contributed by atoms with Gasteiger partial charge in [-0.2, -0.15) is 0 Å². The van der Waals surface area contributed by atoms with Gasteiger partial charge in [-0.15, -0.1) is 11.3 Å². The van der Waals surface area contributed by atoms with Crippen molar-refractivity contribution in [3.8, 4) is 0 Å². The van der Waals surface area contributed by atoms with Gasteiger partial charge in [-0.25, -0.2) is 9.59 Å². The lowest BCUT2D eigenvalue weighted by atomic mass is 10.3. The maximum atomic E-state index is 12.1. The molecule has 3 N–H and O–H groups in total. The molecule has 1 atom stereocenters. The lowest BCUT2D eigenvalue weighted by Gasteiger charge is -2.21. The van der Waals surface area contributed by atoms with Gasteiger partial charge in [0.15, 0.2) is 0 Å². The summed E-state index contributed by atoms with van der Waals surface area (Å²) in [6.45, 7) is 3.06. The third kappa shape index (κ3) is 3.72. The molecule has 0 bridgehead atoms. The minimum Gasteiger partial charge on any atom is -0.478 e. The number of carboxylic acid groups (broad SMARTS) is 1. The molecule has 0 spiro atoms. The fraction of sp³-hybridized carbons (Fsp3) is 0.462. The zero-order valence-electron chi connectivity index (χ0n) is 11.6. The number of anilines is 1. The van der Waals surface area contributed by atoms with E-state index in [4.69, 9.17) is 5.11 Å². The largest absolute Gasteiger partial charge is 0.478 e. The Morgan fingerprint density at radius 3 is 2.62 bits per heavy atom. The molecule has 0 radical (unpaired) electrons. The smallest absolute Gasteiger partial charge is 0.338 e. The van der Waals surface area contributed by atoms with Crippen LogP contribution in [0.3, 0.4) is 0 Å². The van der Waals surface area contributed by atoms with Crippen LogP contribution in [0, 0.1) is 0 Å². The standard InChI is InChI=1S/C13H17N3O4S/c1-8(11(17)16-5-2-3-6-16)14-13(20)15-10-9(12(18)19)4-7-21-10/h4,7-8H,2-3,5-6H2,1H3,(H,18,19)(H2,14,15,20). The number of rotatable bonds is 4. The number of amides is 3. The average molecular weight is 311 g/mol. The highest BCUT2D eigenvalue weighted by Crippen LogP contribution is 2.22. The number of aromatic carboxylic acids is 1. The van der Waals surface area contributed by atoms with Crippen molar-refractivity contribution in [1.82, 2.24) is 10.2 Å². The molecular weight excluding hydrogens is 294 g/mol. The van der Waals surface area contributed by atoms with Gasteiger partial charge >= 0.3 is 12.0 Å². The number of carbonyl (C=O) groups excluding carboxylic acids is 2. The number of carbonyl (C=O) groups is 3. The molecule has 1 aromatic heterocycles. The van der Waals surface area contributed by atoms with Crippen molar-refractivity contribution in [3.05, 3.63) is 17.0 Å². The van der Waals surface area contributed by atoms with E-state index < -0.39 is 18.0 Å². The Kier molecular flexibility index (Phi) is 4.79. The Morgan fingerprint density at radius 1 is 1.33 bits per heavy atom. The van der Waals surface area contributed by atoms with Crippen LogP contribution >= 0.6 is 11.3 Å². The van der Waals surface area contributed by atoms with Crippen molar-refractivity contribution in [2.45, 2.75) is 25.8 Å². The van der Waals surface area contributed by atoms with Gasteiger partial charge < -0.3 is 15.3 Å². The molecule has 0 aliphatic carbocycles. The van der Waals surface area contributed by atoms with Crippen LogP contribution in [0.2, 0.25) is 0 Å². The summed E-state index contributed by atoms with van der Waals surface area (Å²) < 4.78 is 0. The monoisotopic (exact) mass is 311 g/mol. The summed E-state index contributed by atoms with van der Waals surface area (Å²) in [7, 11) is 0. The number of urea groups is 1. The van der Waals surface area contributed by atoms with Crippen LogP contribution in [0.15, 0.2) is 11.4 Å². The minimum atomic E-state index is -1.10. The number of carboxylic acids is 1. The molecule has 1 saturated heterocycles. The number of nitrogens with zero attached hydrogens (tertiary/aromatic N) is 1. The summed E-state index contributed by atoms with van der Waals surface area (Å²) in [6, 6.07) is 0.192. The van der Waals surface area contributed by atoms with E-state index >= 15 is 0 Å². The van der Waals surface area contributed by atoms with Crippen LogP contribution in [0.1, 0.15) is 30.1 Å². The van der Waals surface area contributed by atoms with Crippen molar-refractivity contribution < 1.29 is 19.5 Å². The normalized spacial score (nSPS) is 15.6. The highest BCUT2D eigenvalue weighted by atomic mass is 32.1. The van der Waals surface area contributed by atoms with Gasteiger partial charge in [0, 0.05) is 13.1 Å². The molecular formula is C13H17N3O4S. The number of nitrogens with one attached hydrogen (secondary N) is 2. The quantitative estimate of drug-likeness (QED) is 0.786. The summed E-state index contributed by atoms with van der Waals surface area (Å²) in [5.41, 5.74) is 0.0358. The second kappa shape index (κ2) is 6.57. The molecule has 1 aromatic rings. The van der Waals surface area contributed by atoms with Crippen LogP contribution in [-0.2, 0) is 4.79 Å². The van der Waals surface area contributed by atoms with Crippen molar-refractivity contribution in [2.24, 2.45) is 0 Å². The fourth-order valence-electron chi connectivity index (χ4n) is 2.18. The molecule has 1 aliphatic heterocycles. The summed E-state index contributed by atoms with van der Waals surface area (Å²) in [5.74, 6) is -1.22. The molecule has 7 nitrogen and oxygen atoms in total. The Labute approximate surface area is 125 Å². The Balaban J connectivity index is 1.90. The predicted octanol–water partition coefficient (Wildman–Crippen LogP) is 1.58. The summed E-state index contributed by atoms with van der Waals surface area (Å²) >= 11 is 1.12. The van der Waals surface area contributed by atoms with Gasteiger partial charge in [0.25, 0.3) is 0 Å². The van der Waals surface area contributed by atoms with Crippen LogP contribution in [0.4, 0.5) is 9.80 Å². The van der Waals surface area contributed by atoms with Crippen LogP contribution in [-0.4, -0.2) is 47.0 Å². The maximum Gasteiger partial charge on any atom is 0.338 e. The van der Waals surface area contributed by atoms with Gasteiger partial charge in [0.05, 0.1) is 5.56 Å². The Hall–Kier alpha value is -2.09. The van der Waals surface area contributed by atoms with E-state index in [1.54, 1.807) is 17.2 Å². The zero-order chi connectivity index (χ0) is 15.4. The summed E-state index contributed by atoms with van der Waals surface area (Å²) in [5, 5.41) is 15.8. The van der Waals surface area contributed by atoms with Gasteiger partial charge in [-0.05, 0) is 31.2 Å². The second-order valence-electron chi connectivity index (χ2n) is 4.82. The van der Waals surface area contributed by atoms with Crippen molar-refractivity contribution >= 4 is 34.2 Å². The molecule has 2 heterocycles. The van der Waals surface area contributed by atoms with Gasteiger partial charge in [0.1, 0.15) is 11.0 Å². The molecule has 1 aliphatic rings. The third-order valence-electron chi connectivity index (χ3n) is 3.26. The Bertz CT molecular complexity index is 551. The number of likely N-dealkylation sites (tertiary alicyclic amines) is 1. The average Bonchev–Trinajstić information content (AvgIpc) is 3.08. The van der Waals surface area contributed by atoms with E-state index in [9.17, 15) is 14.4 Å².